The highest BCUT2D eigenvalue weighted by atomic mass is 32.2. The fourth-order valence-electron chi connectivity index (χ4n) is 1.75. The third kappa shape index (κ3) is 4.19. The van der Waals surface area contributed by atoms with Crippen LogP contribution in [0, 0.1) is 10.1 Å². The smallest absolute Gasteiger partial charge is 0.313 e. The molecule has 2 aromatic carbocycles. The molecule has 0 N–H and O–H groups in total. The topological polar surface area (TPSA) is 95.7 Å². The van der Waals surface area contributed by atoms with Crippen molar-refractivity contribution < 1.29 is 22.3 Å². The van der Waals surface area contributed by atoms with Crippen LogP contribution in [0.1, 0.15) is 5.56 Å². The number of methoxy groups -OCH3 is 1. The van der Waals surface area contributed by atoms with Crippen molar-refractivity contribution in [2.24, 2.45) is 0 Å². The van der Waals surface area contributed by atoms with Crippen molar-refractivity contribution in [2.45, 2.75) is 5.75 Å². The first-order chi connectivity index (χ1) is 10.4. The van der Waals surface area contributed by atoms with Gasteiger partial charge in [-0.1, -0.05) is 18.2 Å². The molecule has 0 unspecified atom stereocenters. The zero-order valence-corrected chi connectivity index (χ0v) is 12.4. The number of benzene rings is 2. The molecule has 8 heteroatoms. The zero-order chi connectivity index (χ0) is 16.2. The summed E-state index contributed by atoms with van der Waals surface area (Å²) < 4.78 is 34.0. The summed E-state index contributed by atoms with van der Waals surface area (Å²) in [7, 11) is -2.41. The molecule has 0 aromatic heterocycles. The summed E-state index contributed by atoms with van der Waals surface area (Å²) in [5.74, 6) is 0.228. The van der Waals surface area contributed by atoms with E-state index in [1.165, 1.54) is 43.5 Å². The average Bonchev–Trinajstić information content (AvgIpc) is 2.47. The van der Waals surface area contributed by atoms with Crippen LogP contribution in [-0.2, 0) is 15.9 Å². The highest BCUT2D eigenvalue weighted by Gasteiger charge is 2.15. The second kappa shape index (κ2) is 6.44. The van der Waals surface area contributed by atoms with E-state index in [1.807, 2.05) is 0 Å². The Labute approximate surface area is 127 Å². The van der Waals surface area contributed by atoms with Gasteiger partial charge in [0.1, 0.15) is 17.3 Å². The first-order valence-corrected chi connectivity index (χ1v) is 7.77. The van der Waals surface area contributed by atoms with Crippen molar-refractivity contribution in [1.82, 2.24) is 0 Å². The van der Waals surface area contributed by atoms with E-state index >= 15 is 0 Å². The van der Waals surface area contributed by atoms with Crippen LogP contribution in [0.15, 0.2) is 48.5 Å². The Kier molecular flexibility index (Phi) is 4.62. The third-order valence-electron chi connectivity index (χ3n) is 2.75. The molecule has 0 aliphatic heterocycles. The number of nitrogens with zero attached hydrogens (tertiary/aromatic N) is 1. The van der Waals surface area contributed by atoms with Crippen LogP contribution in [0.4, 0.5) is 5.69 Å². The summed E-state index contributed by atoms with van der Waals surface area (Å²) in [6.07, 6.45) is 0. The van der Waals surface area contributed by atoms with Crippen molar-refractivity contribution >= 4 is 15.8 Å². The molecule has 0 saturated carbocycles. The van der Waals surface area contributed by atoms with E-state index in [0.29, 0.717) is 11.3 Å². The Balaban J connectivity index is 2.11. The molecule has 116 valence electrons. The maximum absolute atomic E-state index is 12.0. The molecule has 0 spiro atoms. The van der Waals surface area contributed by atoms with Gasteiger partial charge in [-0.2, -0.15) is 8.42 Å². The molecule has 0 bridgehead atoms. The number of nitro groups is 1. The largest absolute Gasteiger partial charge is 0.497 e. The van der Waals surface area contributed by atoms with Crippen LogP contribution in [0.25, 0.3) is 0 Å². The predicted molar refractivity (Wildman–Crippen MR) is 79.3 cm³/mol. The SMILES string of the molecule is COc1cccc(OS(=O)(=O)Cc2ccc([N+](=O)[O-])cc2)c1. The summed E-state index contributed by atoms with van der Waals surface area (Å²) >= 11 is 0. The predicted octanol–water partition coefficient (Wildman–Crippen LogP) is 2.51. The monoisotopic (exact) mass is 323 g/mol. The van der Waals surface area contributed by atoms with Crippen LogP contribution in [-0.4, -0.2) is 20.5 Å². The van der Waals surface area contributed by atoms with E-state index < -0.39 is 15.0 Å². The molecule has 0 atom stereocenters. The highest BCUT2D eigenvalue weighted by molar-refractivity contribution is 7.86. The lowest BCUT2D eigenvalue weighted by atomic mass is 10.2. The molecule has 0 fully saturated rings. The summed E-state index contributed by atoms with van der Waals surface area (Å²) in [4.78, 5) is 10.00. The van der Waals surface area contributed by atoms with Crippen molar-refractivity contribution in [3.8, 4) is 11.5 Å². The molecular formula is C14H13NO6S. The van der Waals surface area contributed by atoms with Gasteiger partial charge in [0.15, 0.2) is 0 Å². The molecule has 0 aliphatic carbocycles. The van der Waals surface area contributed by atoms with Crippen molar-refractivity contribution in [2.75, 3.05) is 7.11 Å². The van der Waals surface area contributed by atoms with Crippen LogP contribution >= 0.6 is 0 Å². The molecule has 0 amide bonds. The first kappa shape index (κ1) is 15.8. The van der Waals surface area contributed by atoms with Crippen LogP contribution in [0.2, 0.25) is 0 Å². The molecule has 0 aliphatic rings. The Morgan fingerprint density at radius 1 is 1.09 bits per heavy atom. The average molecular weight is 323 g/mol. The number of non-ortho nitro benzene ring substituents is 1. The highest BCUT2D eigenvalue weighted by Crippen LogP contribution is 2.22. The fraction of sp³-hybridized carbons (Fsp3) is 0.143. The Bertz CT molecular complexity index is 770. The maximum atomic E-state index is 12.0. The summed E-state index contributed by atoms with van der Waals surface area (Å²) in [6, 6.07) is 11.5. The van der Waals surface area contributed by atoms with E-state index in [4.69, 9.17) is 8.92 Å². The Morgan fingerprint density at radius 2 is 1.73 bits per heavy atom. The molecule has 0 heterocycles. The minimum Gasteiger partial charge on any atom is -0.497 e. The standard InChI is InChI=1S/C14H13NO6S/c1-20-13-3-2-4-14(9-13)21-22(18,19)10-11-5-7-12(8-6-11)15(16)17/h2-9H,10H2,1H3. The van der Waals surface area contributed by atoms with Gasteiger partial charge in [-0.05, 0) is 17.7 Å². The Morgan fingerprint density at radius 3 is 2.32 bits per heavy atom. The maximum Gasteiger partial charge on any atom is 0.313 e. The second-order valence-corrected chi connectivity index (χ2v) is 5.96. The second-order valence-electron chi connectivity index (χ2n) is 4.39. The summed E-state index contributed by atoms with van der Waals surface area (Å²) in [5.41, 5.74) is 0.295. The number of hydrogen-bond acceptors (Lipinski definition) is 6. The minimum atomic E-state index is -3.87. The van der Waals surface area contributed by atoms with Crippen LogP contribution in [0.3, 0.4) is 0 Å². The third-order valence-corrected chi connectivity index (χ3v) is 3.89. The van der Waals surface area contributed by atoms with E-state index in [2.05, 4.69) is 0 Å². The van der Waals surface area contributed by atoms with Gasteiger partial charge < -0.3 is 8.92 Å². The molecule has 22 heavy (non-hydrogen) atoms. The molecule has 7 nitrogen and oxygen atoms in total. The van der Waals surface area contributed by atoms with Gasteiger partial charge in [-0.3, -0.25) is 10.1 Å². The van der Waals surface area contributed by atoms with Crippen LogP contribution in [0.5, 0.6) is 11.5 Å². The number of ether oxygens (including phenoxy) is 1. The molecular weight excluding hydrogens is 310 g/mol. The summed E-state index contributed by atoms with van der Waals surface area (Å²) in [6.45, 7) is 0. The van der Waals surface area contributed by atoms with Gasteiger partial charge in [-0.25, -0.2) is 0 Å². The normalized spacial score (nSPS) is 11.0. The lowest BCUT2D eigenvalue weighted by Crippen LogP contribution is -2.12. The lowest BCUT2D eigenvalue weighted by Gasteiger charge is -2.08. The van der Waals surface area contributed by atoms with Gasteiger partial charge in [0.2, 0.25) is 0 Å². The van der Waals surface area contributed by atoms with Gasteiger partial charge in [0, 0.05) is 18.2 Å². The van der Waals surface area contributed by atoms with E-state index in [-0.39, 0.29) is 17.2 Å². The van der Waals surface area contributed by atoms with E-state index in [0.717, 1.165) is 0 Å². The van der Waals surface area contributed by atoms with Gasteiger partial charge in [0.05, 0.1) is 12.0 Å². The molecule has 2 rings (SSSR count). The fourth-order valence-corrected chi connectivity index (χ4v) is 2.80. The van der Waals surface area contributed by atoms with E-state index in [1.54, 1.807) is 12.1 Å². The van der Waals surface area contributed by atoms with Gasteiger partial charge in [-0.15, -0.1) is 0 Å². The number of rotatable bonds is 6. The number of hydrogen-bond donors (Lipinski definition) is 0. The van der Waals surface area contributed by atoms with Crippen LogP contribution < -0.4 is 8.92 Å². The molecule has 2 aromatic rings. The van der Waals surface area contributed by atoms with Crippen molar-refractivity contribution in [1.29, 1.82) is 0 Å². The Hall–Kier alpha value is -2.61. The zero-order valence-electron chi connectivity index (χ0n) is 11.6. The van der Waals surface area contributed by atoms with Crippen molar-refractivity contribution in [3.63, 3.8) is 0 Å². The quantitative estimate of drug-likeness (QED) is 0.460. The van der Waals surface area contributed by atoms with E-state index in [9.17, 15) is 18.5 Å². The summed E-state index contributed by atoms with van der Waals surface area (Å²) in [5, 5.41) is 10.5. The van der Waals surface area contributed by atoms with Gasteiger partial charge >= 0.3 is 10.1 Å². The molecule has 0 saturated heterocycles. The number of nitro benzene ring substituents is 1. The van der Waals surface area contributed by atoms with Gasteiger partial charge in [0.25, 0.3) is 5.69 Å². The molecule has 0 radical (unpaired) electrons. The first-order valence-electron chi connectivity index (χ1n) is 6.19. The lowest BCUT2D eigenvalue weighted by molar-refractivity contribution is -0.384. The minimum absolute atomic E-state index is 0.102. The van der Waals surface area contributed by atoms with Crippen molar-refractivity contribution in [3.05, 3.63) is 64.2 Å².